The first kappa shape index (κ1) is 52.1. The number of nitrogens with zero attached hydrogens (tertiary/aromatic N) is 4. The number of carbonyl (C=O) groups excluding carboxylic acids is 1. The number of hydrogen-bond donors (Lipinski definition) is 1. The van der Waals surface area contributed by atoms with Crippen molar-refractivity contribution in [3.05, 3.63) is 154 Å². The van der Waals surface area contributed by atoms with Crippen molar-refractivity contribution >= 4 is 28.6 Å². The molecule has 1 aliphatic heterocycles. The van der Waals surface area contributed by atoms with Gasteiger partial charge in [-0.15, -0.1) is 0 Å². The number of hydrogen-bond acceptors (Lipinski definition) is 12. The number of ether oxygens (including phenoxy) is 4. The Morgan fingerprint density at radius 1 is 0.838 bits per heavy atom. The Morgan fingerprint density at radius 3 is 1.88 bits per heavy atom. The highest BCUT2D eigenvalue weighted by atomic mass is 31.2. The Bertz CT molecular complexity index is 2440. The fraction of sp³-hybridized carbons (Fsp3) is 0.423. The summed E-state index contributed by atoms with van der Waals surface area (Å²) in [5.41, 5.74) is 1.00. The van der Waals surface area contributed by atoms with Gasteiger partial charge in [0.15, 0.2) is 14.5 Å². The number of nitriles is 1. The lowest BCUT2D eigenvalue weighted by atomic mass is 9.80. The molecular formula is C52H66N5O9PSi. The molecule has 6 rings (SSSR count). The van der Waals surface area contributed by atoms with Crippen molar-refractivity contribution < 1.29 is 37.2 Å². The van der Waals surface area contributed by atoms with E-state index >= 15 is 0 Å². The first-order valence-corrected chi connectivity index (χ1v) is 27.0. The number of rotatable bonds is 21. The molecule has 1 N–H and O–H groups in total. The topological polar surface area (TPSA) is 156 Å². The van der Waals surface area contributed by atoms with Crippen LogP contribution in [0.4, 0.5) is 5.82 Å². The molecule has 0 bridgehead atoms. The van der Waals surface area contributed by atoms with E-state index in [0.29, 0.717) is 17.1 Å². The lowest BCUT2D eigenvalue weighted by Gasteiger charge is -2.42. The Kier molecular flexibility index (Phi) is 17.5. The molecule has 1 fully saturated rings. The van der Waals surface area contributed by atoms with Gasteiger partial charge >= 0.3 is 5.69 Å². The lowest BCUT2D eigenvalue weighted by molar-refractivity contribution is -0.0943. The molecule has 0 radical (unpaired) electrons. The molecule has 4 aromatic carbocycles. The van der Waals surface area contributed by atoms with Crippen LogP contribution in [0, 0.1) is 11.3 Å². The van der Waals surface area contributed by atoms with E-state index in [1.54, 1.807) is 50.7 Å². The first-order chi connectivity index (χ1) is 32.4. The van der Waals surface area contributed by atoms with Crippen LogP contribution < -0.4 is 20.5 Å². The average Bonchev–Trinajstić information content (AvgIpc) is 3.64. The van der Waals surface area contributed by atoms with E-state index in [1.807, 2.05) is 84.9 Å². The van der Waals surface area contributed by atoms with Crippen molar-refractivity contribution in [2.24, 2.45) is 0 Å². The molecule has 1 saturated heterocycles. The van der Waals surface area contributed by atoms with Gasteiger partial charge in [-0.2, -0.15) is 10.2 Å². The van der Waals surface area contributed by atoms with Crippen LogP contribution >= 0.6 is 8.53 Å². The zero-order valence-electron chi connectivity index (χ0n) is 41.0. The predicted molar refractivity (Wildman–Crippen MR) is 267 cm³/mol. The van der Waals surface area contributed by atoms with Crippen molar-refractivity contribution in [1.82, 2.24) is 14.2 Å². The van der Waals surface area contributed by atoms with Crippen LogP contribution in [0.3, 0.4) is 0 Å². The number of aromatic nitrogens is 2. The normalized spacial score (nSPS) is 18.1. The molecule has 0 spiro atoms. The second-order valence-corrected chi connectivity index (χ2v) is 24.8. The standard InChI is InChI=1S/C52H66N5O9PSi/c1-36(2)57(37(3)4)67(63-34-18-32-53)65-46-44(35-62-52(39-21-16-13-17-22-39,40-23-27-42(60-8)28-24-40)41-25-29-43(61-9)30-26-41)64-49(47(46)66-68(10,11)51(5,6)7)56-33-31-45(55-50(56)59)54-48(58)38-19-14-12-15-20-38/h12-17,19-31,33,36-37,44,46-47,49H,18,34-35H2,1-11H3,(H,54,55,58,59)/t44-,46-,47-,49-,67-/m1/s1. The molecule has 0 aliphatic carbocycles. The van der Waals surface area contributed by atoms with Gasteiger partial charge in [0, 0.05) is 23.8 Å². The van der Waals surface area contributed by atoms with Gasteiger partial charge < -0.3 is 37.7 Å². The highest BCUT2D eigenvalue weighted by molar-refractivity contribution is 7.44. The number of amides is 1. The van der Waals surface area contributed by atoms with Gasteiger partial charge in [0.2, 0.25) is 0 Å². The van der Waals surface area contributed by atoms with Crippen molar-refractivity contribution in [2.45, 2.75) is 115 Å². The summed E-state index contributed by atoms with van der Waals surface area (Å²) in [6, 6.07) is 38.0. The van der Waals surface area contributed by atoms with E-state index < -0.39 is 58.6 Å². The third kappa shape index (κ3) is 11.9. The second-order valence-electron chi connectivity index (χ2n) is 18.7. The van der Waals surface area contributed by atoms with Crippen molar-refractivity contribution in [3.63, 3.8) is 0 Å². The fourth-order valence-corrected chi connectivity index (χ4v) is 11.0. The smallest absolute Gasteiger partial charge is 0.351 e. The number of carbonyl (C=O) groups is 1. The van der Waals surface area contributed by atoms with Crippen LogP contribution in [-0.4, -0.2) is 86.3 Å². The van der Waals surface area contributed by atoms with Crippen LogP contribution in [0.1, 0.15) is 88.2 Å². The van der Waals surface area contributed by atoms with Crippen molar-refractivity contribution in [3.8, 4) is 17.6 Å². The molecule has 68 heavy (non-hydrogen) atoms. The first-order valence-electron chi connectivity index (χ1n) is 23.0. The Hall–Kier alpha value is -5.27. The Morgan fingerprint density at radius 2 is 1.38 bits per heavy atom. The van der Waals surface area contributed by atoms with Crippen LogP contribution in [0.15, 0.2) is 126 Å². The van der Waals surface area contributed by atoms with E-state index in [1.165, 1.54) is 4.57 Å². The maximum absolute atomic E-state index is 14.4. The van der Waals surface area contributed by atoms with E-state index in [4.69, 9.17) is 32.4 Å². The number of anilines is 1. The Labute approximate surface area is 403 Å². The molecule has 1 amide bonds. The molecule has 0 saturated carbocycles. The summed E-state index contributed by atoms with van der Waals surface area (Å²) in [5, 5.41) is 12.1. The SMILES string of the molecule is COc1ccc(C(OC[C@H]2O[C@@H](n3ccc(NC(=O)c4ccccc4)nc3=O)[C@H](O[Si](C)(C)C(C)(C)C)[C@@H]2O[P@@](OCCC#N)N(C(C)C)C(C)C)(c2ccccc2)c2ccc(OC)cc2)cc1. The molecule has 1 aromatic heterocycles. The summed E-state index contributed by atoms with van der Waals surface area (Å²) in [7, 11) is -1.30. The van der Waals surface area contributed by atoms with Gasteiger partial charge in [0.05, 0.1) is 39.9 Å². The van der Waals surface area contributed by atoms with Gasteiger partial charge in [-0.3, -0.25) is 9.36 Å². The number of methoxy groups -OCH3 is 2. The van der Waals surface area contributed by atoms with Crippen LogP contribution in [0.5, 0.6) is 11.5 Å². The number of benzene rings is 4. The highest BCUT2D eigenvalue weighted by Crippen LogP contribution is 2.52. The minimum absolute atomic E-state index is 0.0166. The molecule has 362 valence electrons. The zero-order valence-corrected chi connectivity index (χ0v) is 42.9. The minimum atomic E-state index is -2.70. The molecule has 1 aliphatic rings. The molecule has 5 atom stereocenters. The molecule has 5 aromatic rings. The summed E-state index contributed by atoms with van der Waals surface area (Å²) in [4.78, 5) is 31.8. The van der Waals surface area contributed by atoms with Crippen LogP contribution in [0.2, 0.25) is 18.1 Å². The zero-order chi connectivity index (χ0) is 49.2. The summed E-state index contributed by atoms with van der Waals surface area (Å²) < 4.78 is 50.6. The highest BCUT2D eigenvalue weighted by Gasteiger charge is 2.54. The molecule has 14 nitrogen and oxygen atoms in total. The fourth-order valence-electron chi connectivity index (χ4n) is 7.97. The van der Waals surface area contributed by atoms with Gasteiger partial charge in [-0.25, -0.2) is 9.46 Å². The van der Waals surface area contributed by atoms with Crippen molar-refractivity contribution in [2.75, 3.05) is 32.8 Å². The van der Waals surface area contributed by atoms with Gasteiger partial charge in [0.25, 0.3) is 14.4 Å². The Balaban J connectivity index is 1.53. The van der Waals surface area contributed by atoms with Gasteiger partial charge in [0.1, 0.15) is 41.2 Å². The third-order valence-corrected chi connectivity index (χ3v) is 19.0. The molecule has 2 heterocycles. The van der Waals surface area contributed by atoms with Crippen molar-refractivity contribution in [1.29, 1.82) is 5.26 Å². The third-order valence-electron chi connectivity index (χ3n) is 12.4. The second kappa shape index (κ2) is 22.9. The maximum atomic E-state index is 14.4. The van der Waals surface area contributed by atoms with E-state index in [0.717, 1.165) is 16.7 Å². The number of nitrogens with one attached hydrogen (secondary N) is 1. The van der Waals surface area contributed by atoms with Gasteiger partial charge in [-0.05, 0) is 105 Å². The summed E-state index contributed by atoms with van der Waals surface area (Å²) >= 11 is 0. The van der Waals surface area contributed by atoms with Crippen LogP contribution in [-0.2, 0) is 28.5 Å². The van der Waals surface area contributed by atoms with E-state index in [-0.39, 0.29) is 42.6 Å². The largest absolute Gasteiger partial charge is 0.497 e. The molecular weight excluding hydrogens is 898 g/mol. The van der Waals surface area contributed by atoms with Crippen LogP contribution in [0.25, 0.3) is 0 Å². The summed E-state index contributed by atoms with van der Waals surface area (Å²) in [6.07, 6.45) is -2.03. The van der Waals surface area contributed by atoms with Gasteiger partial charge in [-0.1, -0.05) is 93.6 Å². The molecule has 0 unspecified atom stereocenters. The lowest BCUT2D eigenvalue weighted by Crippen LogP contribution is -2.50. The summed E-state index contributed by atoms with van der Waals surface area (Å²) in [5.74, 6) is 1.04. The quantitative estimate of drug-likeness (QED) is 0.0322. The van der Waals surface area contributed by atoms with E-state index in [2.05, 4.69) is 82.6 Å². The minimum Gasteiger partial charge on any atom is -0.497 e. The monoisotopic (exact) mass is 963 g/mol. The predicted octanol–water partition coefficient (Wildman–Crippen LogP) is 10.5. The maximum Gasteiger partial charge on any atom is 0.351 e. The summed E-state index contributed by atoms with van der Waals surface area (Å²) in [6.45, 7) is 19.1. The average molecular weight is 964 g/mol. The van der Waals surface area contributed by atoms with E-state index in [9.17, 15) is 14.9 Å². The molecule has 16 heteroatoms.